The first-order valence-electron chi connectivity index (χ1n) is 31.9. The van der Waals surface area contributed by atoms with Gasteiger partial charge in [-0.15, -0.1) is 0 Å². The lowest BCUT2D eigenvalue weighted by Crippen LogP contribution is -2.32. The molecule has 0 rings (SSSR count). The quantitative estimate of drug-likeness (QED) is 0.0508. The second kappa shape index (κ2) is 65.3. The maximum Gasteiger partial charge on any atom is 0.407 e. The van der Waals surface area contributed by atoms with Crippen molar-refractivity contribution in [2.45, 2.75) is 319 Å². The number of carbonyl (C=O) groups excluding carboxylic acids is 2. The molecule has 0 saturated heterocycles. The highest BCUT2D eigenvalue weighted by Gasteiger charge is 2.19. The van der Waals surface area contributed by atoms with Gasteiger partial charge in [0.15, 0.2) is 0 Å². The monoisotopic (exact) mass is 1060 g/mol. The molecule has 3 N–H and O–H groups in total. The Morgan fingerprint density at radius 3 is 1.28 bits per heavy atom. The summed E-state index contributed by atoms with van der Waals surface area (Å²) < 4.78 is 28.5. The number of hydrogen-bond acceptors (Lipinski definition) is 8. The van der Waals surface area contributed by atoms with E-state index in [1.54, 1.807) is 6.92 Å². The van der Waals surface area contributed by atoms with Gasteiger partial charge in [-0.2, -0.15) is 0 Å². The van der Waals surface area contributed by atoms with E-state index in [1.807, 2.05) is 34.6 Å². The number of hydrogen-bond donors (Lipinski definition) is 3. The van der Waals surface area contributed by atoms with Crippen molar-refractivity contribution >= 4 is 18.0 Å². The molecule has 0 saturated carbocycles. The molecule has 11 nitrogen and oxygen atoms in total. The van der Waals surface area contributed by atoms with E-state index in [1.165, 1.54) is 193 Å². The highest BCUT2D eigenvalue weighted by atomic mass is 16.6. The van der Waals surface area contributed by atoms with Gasteiger partial charge in [-0.3, -0.25) is 9.59 Å². The van der Waals surface area contributed by atoms with Crippen molar-refractivity contribution in [2.75, 3.05) is 59.3 Å². The van der Waals surface area contributed by atoms with Crippen LogP contribution in [-0.4, -0.2) is 94.6 Å². The third-order valence-corrected chi connectivity index (χ3v) is 13.9. The van der Waals surface area contributed by atoms with Crippen LogP contribution in [0.15, 0.2) is 0 Å². The van der Waals surface area contributed by atoms with Gasteiger partial charge in [-0.25, -0.2) is 4.79 Å². The van der Waals surface area contributed by atoms with Gasteiger partial charge in [-0.05, 0) is 65.2 Å². The number of aliphatic carboxylic acids is 1. The fourth-order valence-corrected chi connectivity index (χ4v) is 8.77. The van der Waals surface area contributed by atoms with Gasteiger partial charge in [0.05, 0.1) is 18.6 Å². The molecule has 4 atom stereocenters. The van der Waals surface area contributed by atoms with Gasteiger partial charge in [0.1, 0.15) is 12.7 Å². The van der Waals surface area contributed by atoms with Crippen LogP contribution < -0.4 is 10.6 Å². The van der Waals surface area contributed by atoms with Crippen LogP contribution in [0.4, 0.5) is 4.79 Å². The molecule has 0 aliphatic heterocycles. The molecule has 2 amide bonds. The van der Waals surface area contributed by atoms with E-state index >= 15 is 0 Å². The van der Waals surface area contributed by atoms with E-state index in [4.69, 9.17) is 28.8 Å². The van der Waals surface area contributed by atoms with Crippen molar-refractivity contribution in [3.63, 3.8) is 0 Å². The molecule has 0 aromatic heterocycles. The van der Waals surface area contributed by atoms with Crippen molar-refractivity contribution in [3.8, 4) is 0 Å². The minimum Gasteiger partial charge on any atom is -0.481 e. The molecule has 0 bridgehead atoms. The summed E-state index contributed by atoms with van der Waals surface area (Å²) in [4.78, 5) is 35.1. The molecule has 0 aromatic carbocycles. The van der Waals surface area contributed by atoms with Crippen molar-refractivity contribution in [1.82, 2.24) is 10.6 Å². The van der Waals surface area contributed by atoms with E-state index in [9.17, 15) is 14.4 Å². The number of carboxylic acid groups (broad SMARTS) is 1. The summed E-state index contributed by atoms with van der Waals surface area (Å²) in [6.45, 7) is 23.3. The van der Waals surface area contributed by atoms with Crippen molar-refractivity contribution in [3.05, 3.63) is 0 Å². The molecule has 444 valence electrons. The normalized spacial score (nSPS) is 12.7. The lowest BCUT2D eigenvalue weighted by molar-refractivity contribution is -0.143. The minimum absolute atomic E-state index is 0.0902. The van der Waals surface area contributed by atoms with Crippen LogP contribution in [0.1, 0.15) is 306 Å². The average molecular weight is 1060 g/mol. The Morgan fingerprint density at radius 1 is 0.432 bits per heavy atom. The van der Waals surface area contributed by atoms with Crippen LogP contribution in [0, 0.1) is 11.8 Å². The highest BCUT2D eigenvalue weighted by molar-refractivity contribution is 5.75. The van der Waals surface area contributed by atoms with Gasteiger partial charge in [-0.1, -0.05) is 241 Å². The Hall–Kier alpha value is -1.95. The van der Waals surface area contributed by atoms with E-state index < -0.39 is 12.1 Å². The van der Waals surface area contributed by atoms with Crippen LogP contribution in [0.5, 0.6) is 0 Å². The second-order valence-corrected chi connectivity index (χ2v) is 21.0. The predicted octanol–water partition coefficient (Wildman–Crippen LogP) is 17.9. The van der Waals surface area contributed by atoms with Crippen molar-refractivity contribution in [2.24, 2.45) is 11.8 Å². The number of unbranched alkanes of at least 4 members (excludes halogenated alkanes) is 32. The van der Waals surface area contributed by atoms with E-state index in [2.05, 4.69) is 31.4 Å². The first-order valence-corrected chi connectivity index (χ1v) is 31.9. The van der Waals surface area contributed by atoms with Gasteiger partial charge >= 0.3 is 12.1 Å². The molecule has 0 aliphatic carbocycles. The first-order chi connectivity index (χ1) is 36.1. The van der Waals surface area contributed by atoms with Crippen molar-refractivity contribution in [1.29, 1.82) is 0 Å². The Balaban J connectivity index is -0.00000340. The maximum atomic E-state index is 12.5. The fourth-order valence-electron chi connectivity index (χ4n) is 8.77. The molecule has 11 heteroatoms. The summed E-state index contributed by atoms with van der Waals surface area (Å²) in [6.07, 6.45) is 47.9. The smallest absolute Gasteiger partial charge is 0.407 e. The molecule has 0 aromatic rings. The molecule has 0 fully saturated rings. The summed E-state index contributed by atoms with van der Waals surface area (Å²) in [5.74, 6) is -0.884. The second-order valence-electron chi connectivity index (χ2n) is 21.0. The Kier molecular flexibility index (Phi) is 67.4. The number of nitrogens with one attached hydrogen (secondary N) is 2. The predicted molar refractivity (Wildman–Crippen MR) is 315 cm³/mol. The summed E-state index contributed by atoms with van der Waals surface area (Å²) in [7, 11) is 0. The zero-order valence-electron chi connectivity index (χ0n) is 50.8. The fraction of sp³-hybridized carbons (Fsp3) is 0.952. The Labute approximate surface area is 459 Å². The third-order valence-electron chi connectivity index (χ3n) is 13.9. The summed E-state index contributed by atoms with van der Waals surface area (Å²) in [5, 5.41) is 14.5. The Morgan fingerprint density at radius 2 is 0.851 bits per heavy atom. The molecule has 0 spiro atoms. The number of carbonyl (C=O) groups is 3. The van der Waals surface area contributed by atoms with E-state index in [0.29, 0.717) is 45.9 Å². The van der Waals surface area contributed by atoms with Crippen LogP contribution in [0.3, 0.4) is 0 Å². The third kappa shape index (κ3) is 62.6. The summed E-state index contributed by atoms with van der Waals surface area (Å²) in [6, 6.07) is 0. The minimum atomic E-state index is -0.753. The lowest BCUT2D eigenvalue weighted by Gasteiger charge is -2.18. The molecular formula is C63H128N2O9. The zero-order valence-corrected chi connectivity index (χ0v) is 50.8. The molecule has 4 unspecified atom stereocenters. The van der Waals surface area contributed by atoms with E-state index in [-0.39, 0.29) is 36.6 Å². The topological polar surface area (TPSA) is 142 Å². The molecular weight excluding hydrogens is 929 g/mol. The number of alkyl carbamates (subject to hydrolysis) is 1. The highest BCUT2D eigenvalue weighted by Crippen LogP contribution is 2.16. The van der Waals surface area contributed by atoms with Gasteiger partial charge in [0, 0.05) is 52.5 Å². The van der Waals surface area contributed by atoms with E-state index in [0.717, 1.165) is 58.2 Å². The van der Waals surface area contributed by atoms with Crippen molar-refractivity contribution < 1.29 is 43.2 Å². The standard InChI is InChI=1S/C53H106N2O6.C8H16O3.C2H6/c1-5-8-10-12-14-16-18-20-22-24-26-28-30-32-34-39-46-58-48-51(60-47-40-35-33-31-29-27-25-23-21-19-17-15-13-11-9-6-2)49-61-53(57)55-44-38-36-37-43-52(56)54-45-41-42-50(4)59-7-3;1-4-11-5-6(2)7(3)8(9)10;1-2/h50-51H,5-49H2,1-4H3,(H,54,56)(H,55,57);6-7H,4-5H2,1-3H3,(H,9,10);1-2H3. The average Bonchev–Trinajstić information content (AvgIpc) is 3.40. The zero-order chi connectivity index (χ0) is 55.2. The molecule has 74 heavy (non-hydrogen) atoms. The van der Waals surface area contributed by atoms with Crippen LogP contribution in [-0.2, 0) is 33.3 Å². The van der Waals surface area contributed by atoms with Crippen LogP contribution in [0.2, 0.25) is 0 Å². The lowest BCUT2D eigenvalue weighted by atomic mass is 9.97. The Bertz CT molecular complexity index is 1110. The van der Waals surface area contributed by atoms with Crippen LogP contribution in [0.25, 0.3) is 0 Å². The summed E-state index contributed by atoms with van der Waals surface area (Å²) in [5.41, 5.74) is 0. The molecule has 0 aliphatic rings. The van der Waals surface area contributed by atoms with Crippen LogP contribution >= 0.6 is 0 Å². The number of amides is 2. The number of rotatable bonds is 56. The van der Waals surface area contributed by atoms with Gasteiger partial charge in [0.25, 0.3) is 0 Å². The first kappa shape index (κ1) is 76.3. The molecule has 0 radical (unpaired) electrons. The number of carboxylic acids is 1. The summed E-state index contributed by atoms with van der Waals surface area (Å²) >= 11 is 0. The number of ether oxygens (including phenoxy) is 5. The van der Waals surface area contributed by atoms with Gasteiger partial charge < -0.3 is 39.4 Å². The van der Waals surface area contributed by atoms with Gasteiger partial charge in [0.2, 0.25) is 5.91 Å². The SMILES string of the molecule is CC.CCCCCCCCCCCCCCCCCCOCC(COC(=O)NCCCCCC(=O)NCCCC(C)OCC)OCCCCCCCCCCCCCCCCCC.CCOCC(C)C(C)C(=O)O. The largest absolute Gasteiger partial charge is 0.481 e. The molecule has 0 heterocycles. The maximum absolute atomic E-state index is 12.5.